The number of H-pyrrole nitrogens is 1. The summed E-state index contributed by atoms with van der Waals surface area (Å²) in [5.74, 6) is 0.970. The van der Waals surface area contributed by atoms with Crippen LogP contribution in [0.3, 0.4) is 0 Å². The average molecular weight is 554 g/mol. The zero-order valence-corrected chi connectivity index (χ0v) is 23.1. The van der Waals surface area contributed by atoms with Crippen LogP contribution < -0.4 is 10.6 Å². The van der Waals surface area contributed by atoms with E-state index < -0.39 is 6.67 Å². The van der Waals surface area contributed by atoms with Crippen molar-refractivity contribution < 1.29 is 9.18 Å². The first kappa shape index (κ1) is 26.6. The summed E-state index contributed by atoms with van der Waals surface area (Å²) in [6, 6.07) is 12.8. The number of imidazole rings is 1. The van der Waals surface area contributed by atoms with E-state index in [1.54, 1.807) is 18.3 Å². The van der Waals surface area contributed by atoms with E-state index in [0.29, 0.717) is 35.1 Å². The van der Waals surface area contributed by atoms with Gasteiger partial charge in [-0.2, -0.15) is 0 Å². The number of alkyl halides is 1. The lowest BCUT2D eigenvalue weighted by atomic mass is 10.0. The molecule has 6 rings (SSSR count). The highest BCUT2D eigenvalue weighted by Gasteiger charge is 2.17. The number of rotatable bonds is 8. The number of likely N-dealkylation sites (N-methyl/N-ethyl adjacent to an activating group) is 1. The zero-order chi connectivity index (χ0) is 28.3. The Kier molecular flexibility index (Phi) is 7.45. The first-order chi connectivity index (χ1) is 20.0. The van der Waals surface area contributed by atoms with E-state index in [1.165, 1.54) is 6.33 Å². The number of fused-ring (bicyclic) bond motifs is 1. The molecule has 3 N–H and O–H groups in total. The second kappa shape index (κ2) is 11.5. The maximum absolute atomic E-state index is 14.0. The molecule has 41 heavy (non-hydrogen) atoms. The van der Waals surface area contributed by atoms with Crippen LogP contribution in [0.2, 0.25) is 0 Å². The van der Waals surface area contributed by atoms with Crippen LogP contribution in [-0.4, -0.2) is 73.4 Å². The van der Waals surface area contributed by atoms with Crippen molar-refractivity contribution in [3.05, 3.63) is 89.6 Å². The Bertz CT molecular complexity index is 1690. The minimum atomic E-state index is -0.614. The van der Waals surface area contributed by atoms with Crippen molar-refractivity contribution in [1.29, 1.82) is 0 Å². The summed E-state index contributed by atoms with van der Waals surface area (Å²) >= 11 is 0. The fourth-order valence-corrected chi connectivity index (χ4v) is 5.07. The van der Waals surface area contributed by atoms with Crippen LogP contribution in [0.1, 0.15) is 27.0 Å². The first-order valence-corrected chi connectivity index (χ1v) is 13.6. The lowest BCUT2D eigenvalue weighted by molar-refractivity contribution is 0.102. The van der Waals surface area contributed by atoms with Crippen LogP contribution in [-0.2, 0) is 13.2 Å². The maximum Gasteiger partial charge on any atom is 0.255 e. The van der Waals surface area contributed by atoms with Gasteiger partial charge in [0.15, 0.2) is 5.82 Å². The van der Waals surface area contributed by atoms with E-state index in [2.05, 4.69) is 47.4 Å². The molecule has 10 nitrogen and oxygen atoms in total. The summed E-state index contributed by atoms with van der Waals surface area (Å²) in [7, 11) is 2.11. The summed E-state index contributed by atoms with van der Waals surface area (Å²) in [6.45, 7) is 5.94. The Balaban J connectivity index is 1.18. The van der Waals surface area contributed by atoms with Gasteiger partial charge in [0.1, 0.15) is 18.6 Å². The number of benzene rings is 2. The van der Waals surface area contributed by atoms with E-state index in [1.807, 2.05) is 54.2 Å². The fraction of sp³-hybridized carbons (Fsp3) is 0.267. The number of carbonyl (C=O) groups excluding carboxylic acids is 1. The molecule has 11 heteroatoms. The number of hydrogen-bond donors (Lipinski definition) is 3. The van der Waals surface area contributed by atoms with Gasteiger partial charge < -0.3 is 20.5 Å². The van der Waals surface area contributed by atoms with Crippen molar-refractivity contribution >= 4 is 34.3 Å². The molecule has 1 aliphatic rings. The summed E-state index contributed by atoms with van der Waals surface area (Å²) in [6.07, 6.45) is 6.85. The molecule has 2 aromatic carbocycles. The molecule has 0 aliphatic carbocycles. The number of aryl methyl sites for hydroxylation is 1. The lowest BCUT2D eigenvalue weighted by Crippen LogP contribution is -2.44. The van der Waals surface area contributed by atoms with E-state index in [4.69, 9.17) is 0 Å². The fourth-order valence-electron chi connectivity index (χ4n) is 5.07. The number of aromatic amines is 1. The molecule has 4 heterocycles. The van der Waals surface area contributed by atoms with Gasteiger partial charge in [-0.15, -0.1) is 0 Å². The molecule has 0 unspecified atom stereocenters. The Hall–Kier alpha value is -4.61. The highest BCUT2D eigenvalue weighted by molar-refractivity contribution is 6.04. The molecule has 0 bridgehead atoms. The molecule has 1 fully saturated rings. The van der Waals surface area contributed by atoms with Crippen molar-refractivity contribution in [2.45, 2.75) is 20.1 Å². The average Bonchev–Trinajstić information content (AvgIpc) is 3.66. The molecule has 0 radical (unpaired) electrons. The normalized spacial score (nSPS) is 14.4. The number of halogens is 1. The van der Waals surface area contributed by atoms with Gasteiger partial charge in [0.2, 0.25) is 5.95 Å². The minimum absolute atomic E-state index is 0.294. The molecule has 0 spiro atoms. The SMILES string of the molecule is Cc1ccc(NC(=O)c2ccc(CN3CCN(C)CC3)c(CF)c2)cc1Nc1nccn1-c1ncnc2[nH]ccc12. The third-order valence-electron chi connectivity index (χ3n) is 7.55. The minimum Gasteiger partial charge on any atom is -0.346 e. The second-order valence-electron chi connectivity index (χ2n) is 10.4. The van der Waals surface area contributed by atoms with Crippen molar-refractivity contribution in [3.63, 3.8) is 0 Å². The monoisotopic (exact) mass is 553 g/mol. The van der Waals surface area contributed by atoms with Crippen LogP contribution in [0, 0.1) is 6.92 Å². The molecule has 5 aromatic rings. The highest BCUT2D eigenvalue weighted by atomic mass is 19.1. The van der Waals surface area contributed by atoms with Crippen LogP contribution in [0.5, 0.6) is 0 Å². The standard InChI is InChI=1S/C30H32FN9O/c1-20-3-6-24(16-26(20)37-30-33-9-10-40(30)28-25-7-8-32-27(25)34-19-35-28)36-29(41)21-4-5-22(23(15-21)17-31)18-39-13-11-38(2)12-14-39/h3-10,15-16,19H,11-14,17-18H2,1-2H3,(H,33,37)(H,36,41)(H,32,34,35). The van der Waals surface area contributed by atoms with Crippen LogP contribution in [0.15, 0.2) is 67.4 Å². The number of carbonyl (C=O) groups is 1. The van der Waals surface area contributed by atoms with E-state index in [9.17, 15) is 9.18 Å². The van der Waals surface area contributed by atoms with Crippen molar-refractivity contribution in [1.82, 2.24) is 34.3 Å². The second-order valence-corrected chi connectivity index (χ2v) is 10.4. The smallest absolute Gasteiger partial charge is 0.255 e. The molecular formula is C30H32FN9O. The maximum atomic E-state index is 14.0. The Labute approximate surface area is 237 Å². The van der Waals surface area contributed by atoms with Crippen molar-refractivity contribution in [3.8, 4) is 5.82 Å². The zero-order valence-electron chi connectivity index (χ0n) is 23.1. The topological polar surface area (TPSA) is 107 Å². The molecule has 210 valence electrons. The lowest BCUT2D eigenvalue weighted by Gasteiger charge is -2.32. The number of nitrogens with zero attached hydrogens (tertiary/aromatic N) is 6. The van der Waals surface area contributed by atoms with Gasteiger partial charge in [0, 0.05) is 68.3 Å². The van der Waals surface area contributed by atoms with E-state index in [-0.39, 0.29) is 5.91 Å². The summed E-state index contributed by atoms with van der Waals surface area (Å²) in [4.78, 5) is 34.1. The van der Waals surface area contributed by atoms with Gasteiger partial charge in [-0.05, 0) is 61.0 Å². The third-order valence-corrected chi connectivity index (χ3v) is 7.55. The first-order valence-electron chi connectivity index (χ1n) is 13.6. The van der Waals surface area contributed by atoms with Crippen molar-refractivity contribution in [2.75, 3.05) is 43.9 Å². The molecule has 3 aromatic heterocycles. The predicted octanol–water partition coefficient (Wildman–Crippen LogP) is 4.66. The molecule has 0 saturated carbocycles. The van der Waals surface area contributed by atoms with Gasteiger partial charge in [0.25, 0.3) is 5.91 Å². The number of nitrogens with one attached hydrogen (secondary N) is 3. The molecule has 0 atom stereocenters. The number of anilines is 3. The Morgan fingerprint density at radius 3 is 2.71 bits per heavy atom. The van der Waals surface area contributed by atoms with E-state index >= 15 is 0 Å². The van der Waals surface area contributed by atoms with Crippen LogP contribution in [0.25, 0.3) is 16.9 Å². The van der Waals surface area contributed by atoms with Crippen LogP contribution >= 0.6 is 0 Å². The van der Waals surface area contributed by atoms with Gasteiger partial charge in [-0.3, -0.25) is 14.3 Å². The number of hydrogen-bond acceptors (Lipinski definition) is 7. The molecule has 1 amide bonds. The number of aromatic nitrogens is 5. The molecular weight excluding hydrogens is 521 g/mol. The Morgan fingerprint density at radius 2 is 1.88 bits per heavy atom. The van der Waals surface area contributed by atoms with Gasteiger partial charge in [0.05, 0.1) is 5.39 Å². The quantitative estimate of drug-likeness (QED) is 0.257. The van der Waals surface area contributed by atoms with Gasteiger partial charge in [-0.1, -0.05) is 12.1 Å². The Morgan fingerprint density at radius 1 is 1.02 bits per heavy atom. The van der Waals surface area contributed by atoms with Crippen LogP contribution in [0.4, 0.5) is 21.7 Å². The van der Waals surface area contributed by atoms with Gasteiger partial charge >= 0.3 is 0 Å². The molecule has 1 aliphatic heterocycles. The van der Waals surface area contributed by atoms with Gasteiger partial charge in [-0.25, -0.2) is 19.3 Å². The van der Waals surface area contributed by atoms with E-state index in [0.717, 1.165) is 54.0 Å². The molecule has 1 saturated heterocycles. The third kappa shape index (κ3) is 5.67. The number of piperazine rings is 1. The largest absolute Gasteiger partial charge is 0.346 e. The highest BCUT2D eigenvalue weighted by Crippen LogP contribution is 2.27. The summed E-state index contributed by atoms with van der Waals surface area (Å²) in [5.41, 5.74) is 4.99. The summed E-state index contributed by atoms with van der Waals surface area (Å²) < 4.78 is 15.8. The predicted molar refractivity (Wildman–Crippen MR) is 157 cm³/mol. The summed E-state index contributed by atoms with van der Waals surface area (Å²) in [5, 5.41) is 7.20. The van der Waals surface area contributed by atoms with Crippen molar-refractivity contribution in [2.24, 2.45) is 0 Å². The number of amides is 1.